The molecule has 2 heterocycles. The van der Waals surface area contributed by atoms with Crippen molar-refractivity contribution in [2.24, 2.45) is 0 Å². The summed E-state index contributed by atoms with van der Waals surface area (Å²) in [6.45, 7) is 6.71. The quantitative estimate of drug-likeness (QED) is 0.835. The maximum Gasteiger partial charge on any atom is 0.227 e. The van der Waals surface area contributed by atoms with Gasteiger partial charge in [-0.15, -0.1) is 0 Å². The first-order chi connectivity index (χ1) is 14.0. The molecule has 154 valence electrons. The molecule has 0 aliphatic carbocycles. The highest BCUT2D eigenvalue weighted by atomic mass is 16.2. The Bertz CT molecular complexity index is 878. The fourth-order valence-electron chi connectivity index (χ4n) is 4.93. The summed E-state index contributed by atoms with van der Waals surface area (Å²) in [7, 11) is 2.24. The summed E-state index contributed by atoms with van der Waals surface area (Å²) in [6.07, 6.45) is 4.03. The summed E-state index contributed by atoms with van der Waals surface area (Å²) >= 11 is 0. The van der Waals surface area contributed by atoms with Crippen LogP contribution in [0.15, 0.2) is 42.5 Å². The van der Waals surface area contributed by atoms with Crippen LogP contribution in [0, 0.1) is 13.8 Å². The van der Waals surface area contributed by atoms with Crippen LogP contribution in [0.3, 0.4) is 0 Å². The molecule has 2 atom stereocenters. The Morgan fingerprint density at radius 2 is 1.76 bits per heavy atom. The number of carbonyl (C=O) groups is 1. The average molecular weight is 392 g/mol. The van der Waals surface area contributed by atoms with Crippen LogP contribution >= 0.6 is 0 Å². The Balaban J connectivity index is 1.64. The van der Waals surface area contributed by atoms with E-state index in [1.807, 2.05) is 12.1 Å². The Morgan fingerprint density at radius 1 is 1.00 bits per heavy atom. The number of fused-ring (bicyclic) bond motifs is 3. The van der Waals surface area contributed by atoms with Crippen LogP contribution in [0.1, 0.15) is 41.5 Å². The third-order valence-corrected chi connectivity index (χ3v) is 6.87. The molecule has 29 heavy (non-hydrogen) atoms. The first-order valence-electron chi connectivity index (χ1n) is 10.9. The van der Waals surface area contributed by atoms with Gasteiger partial charge >= 0.3 is 0 Å². The zero-order valence-electron chi connectivity index (χ0n) is 17.9. The molecule has 2 bridgehead atoms. The van der Waals surface area contributed by atoms with E-state index in [0.717, 1.165) is 25.1 Å². The van der Waals surface area contributed by atoms with Gasteiger partial charge in [0.15, 0.2) is 0 Å². The third-order valence-electron chi connectivity index (χ3n) is 6.87. The second-order valence-corrected chi connectivity index (χ2v) is 8.75. The number of hydrogen-bond donors (Lipinski definition) is 1. The van der Waals surface area contributed by atoms with Gasteiger partial charge in [0.1, 0.15) is 0 Å². The molecular formula is C25H33N3O. The van der Waals surface area contributed by atoms with Crippen LogP contribution in [0.4, 0.5) is 5.69 Å². The van der Waals surface area contributed by atoms with Crippen molar-refractivity contribution in [3.05, 3.63) is 64.7 Å². The zero-order valence-corrected chi connectivity index (χ0v) is 17.9. The van der Waals surface area contributed by atoms with Gasteiger partial charge in [-0.25, -0.2) is 0 Å². The zero-order chi connectivity index (χ0) is 20.4. The number of amides is 1. The number of nitrogens with one attached hydrogen (secondary N) is 1. The van der Waals surface area contributed by atoms with E-state index in [-0.39, 0.29) is 5.91 Å². The van der Waals surface area contributed by atoms with Crippen molar-refractivity contribution in [2.45, 2.75) is 58.2 Å². The van der Waals surface area contributed by atoms with Crippen LogP contribution in [0.25, 0.3) is 0 Å². The largest absolute Gasteiger partial charge is 0.384 e. The molecule has 1 N–H and O–H groups in total. The molecule has 1 amide bonds. The second kappa shape index (κ2) is 8.58. The number of benzene rings is 2. The van der Waals surface area contributed by atoms with Crippen LogP contribution in [-0.4, -0.2) is 47.9 Å². The minimum absolute atomic E-state index is 0.225. The number of para-hydroxylation sites is 1. The molecule has 2 aliphatic rings. The summed E-state index contributed by atoms with van der Waals surface area (Å²) < 4.78 is 0. The van der Waals surface area contributed by atoms with Crippen LogP contribution in [-0.2, 0) is 17.8 Å². The van der Waals surface area contributed by atoms with E-state index in [1.165, 1.54) is 35.2 Å². The van der Waals surface area contributed by atoms with Crippen molar-refractivity contribution < 1.29 is 4.79 Å². The molecule has 1 saturated heterocycles. The van der Waals surface area contributed by atoms with Gasteiger partial charge in [0.25, 0.3) is 0 Å². The van der Waals surface area contributed by atoms with Crippen molar-refractivity contribution in [2.75, 3.05) is 25.5 Å². The number of anilines is 1. The maximum absolute atomic E-state index is 13.4. The smallest absolute Gasteiger partial charge is 0.227 e. The van der Waals surface area contributed by atoms with Crippen molar-refractivity contribution in [1.29, 1.82) is 0 Å². The van der Waals surface area contributed by atoms with Gasteiger partial charge in [-0.2, -0.15) is 0 Å². The minimum Gasteiger partial charge on any atom is -0.384 e. The lowest BCUT2D eigenvalue weighted by Crippen LogP contribution is -2.43. The fourth-order valence-corrected chi connectivity index (χ4v) is 4.93. The molecule has 0 spiro atoms. The monoisotopic (exact) mass is 391 g/mol. The van der Waals surface area contributed by atoms with E-state index in [2.05, 4.69) is 66.3 Å². The van der Waals surface area contributed by atoms with E-state index < -0.39 is 0 Å². The van der Waals surface area contributed by atoms with E-state index in [0.29, 0.717) is 25.0 Å². The predicted octanol–water partition coefficient (Wildman–Crippen LogP) is 4.15. The first-order valence-corrected chi connectivity index (χ1v) is 10.9. The highest BCUT2D eigenvalue weighted by Gasteiger charge is 2.33. The lowest BCUT2D eigenvalue weighted by atomic mass is 10.0. The molecule has 2 aromatic rings. The lowest BCUT2D eigenvalue weighted by molar-refractivity contribution is -0.131. The lowest BCUT2D eigenvalue weighted by Gasteiger charge is -2.31. The van der Waals surface area contributed by atoms with E-state index >= 15 is 0 Å². The molecule has 0 aromatic heterocycles. The minimum atomic E-state index is 0.225. The van der Waals surface area contributed by atoms with Crippen LogP contribution < -0.4 is 5.32 Å². The molecule has 0 radical (unpaired) electrons. The molecule has 1 fully saturated rings. The summed E-state index contributed by atoms with van der Waals surface area (Å²) in [5, 5.41) is 3.69. The van der Waals surface area contributed by atoms with Gasteiger partial charge in [-0.3, -0.25) is 9.69 Å². The van der Waals surface area contributed by atoms with Crippen LogP contribution in [0.5, 0.6) is 0 Å². The molecule has 4 heteroatoms. The molecule has 4 nitrogen and oxygen atoms in total. The Kier molecular flexibility index (Phi) is 5.91. The predicted molar refractivity (Wildman–Crippen MR) is 119 cm³/mol. The second-order valence-electron chi connectivity index (χ2n) is 8.75. The third kappa shape index (κ3) is 4.32. The average Bonchev–Trinajstić information content (AvgIpc) is 3.02. The maximum atomic E-state index is 13.4. The van der Waals surface area contributed by atoms with Gasteiger partial charge in [-0.1, -0.05) is 42.5 Å². The SMILES string of the molecule is Cc1ccccc1CC(=O)N1Cc2cccc(C)c2NCCC2CCC(C1)N2C. The number of aryl methyl sites for hydroxylation is 2. The Hall–Kier alpha value is -2.33. The van der Waals surface area contributed by atoms with Crippen LogP contribution in [0.2, 0.25) is 0 Å². The number of nitrogens with zero attached hydrogens (tertiary/aromatic N) is 2. The van der Waals surface area contributed by atoms with Gasteiger partial charge in [0.05, 0.1) is 6.42 Å². The summed E-state index contributed by atoms with van der Waals surface area (Å²) in [6, 6.07) is 15.7. The Morgan fingerprint density at radius 3 is 2.59 bits per heavy atom. The number of rotatable bonds is 2. The highest BCUT2D eigenvalue weighted by molar-refractivity contribution is 5.79. The normalized spacial score (nSPS) is 22.5. The van der Waals surface area contributed by atoms with Gasteiger partial charge in [0, 0.05) is 37.4 Å². The molecule has 2 aliphatic heterocycles. The standard InChI is InChI=1S/C25H33N3O/c1-18-7-4-5-9-20(18)15-24(29)28-16-21-10-6-8-19(2)25(21)26-14-13-22-11-12-23(17-28)27(22)3/h4-10,22-23,26H,11-17H2,1-3H3. The van der Waals surface area contributed by atoms with Gasteiger partial charge in [0.2, 0.25) is 5.91 Å². The van der Waals surface area contributed by atoms with E-state index in [4.69, 9.17) is 0 Å². The highest BCUT2D eigenvalue weighted by Crippen LogP contribution is 2.29. The molecule has 4 rings (SSSR count). The summed E-state index contributed by atoms with van der Waals surface area (Å²) in [4.78, 5) is 18.0. The molecule has 0 saturated carbocycles. The summed E-state index contributed by atoms with van der Waals surface area (Å²) in [5.41, 5.74) is 6.01. The van der Waals surface area contributed by atoms with E-state index in [1.54, 1.807) is 0 Å². The number of likely N-dealkylation sites (N-methyl/N-ethyl adjacent to an activating group) is 1. The first kappa shape index (κ1) is 20.0. The van der Waals surface area contributed by atoms with E-state index in [9.17, 15) is 4.79 Å². The van der Waals surface area contributed by atoms with Gasteiger partial charge in [-0.05, 0) is 62.4 Å². The van der Waals surface area contributed by atoms with Crippen molar-refractivity contribution in [1.82, 2.24) is 9.80 Å². The van der Waals surface area contributed by atoms with Crippen molar-refractivity contribution in [3.63, 3.8) is 0 Å². The molecule has 2 aromatic carbocycles. The summed E-state index contributed by atoms with van der Waals surface area (Å²) in [5.74, 6) is 0.225. The van der Waals surface area contributed by atoms with Gasteiger partial charge < -0.3 is 10.2 Å². The van der Waals surface area contributed by atoms with Crippen molar-refractivity contribution >= 4 is 11.6 Å². The fraction of sp³-hybridized carbons (Fsp3) is 0.480. The Labute approximate surface area is 174 Å². The molecule has 2 unspecified atom stereocenters. The topological polar surface area (TPSA) is 35.6 Å². The number of hydrogen-bond acceptors (Lipinski definition) is 3. The molecular weight excluding hydrogens is 358 g/mol. The van der Waals surface area contributed by atoms with Crippen molar-refractivity contribution in [3.8, 4) is 0 Å². The number of carbonyl (C=O) groups excluding carboxylic acids is 1.